The van der Waals surface area contributed by atoms with Crippen LogP contribution in [0.4, 0.5) is 10.2 Å². The fourth-order valence-corrected chi connectivity index (χ4v) is 6.64. The zero-order valence-corrected chi connectivity index (χ0v) is 25.8. The van der Waals surface area contributed by atoms with Gasteiger partial charge in [0.2, 0.25) is 0 Å². The molecule has 4 aromatic rings. The van der Waals surface area contributed by atoms with Crippen molar-refractivity contribution in [1.29, 1.82) is 5.26 Å². The minimum Gasteiger partial charge on any atom is -0.508 e. The highest BCUT2D eigenvalue weighted by Crippen LogP contribution is 2.39. The van der Waals surface area contributed by atoms with Gasteiger partial charge >= 0.3 is 6.01 Å². The van der Waals surface area contributed by atoms with E-state index in [1.807, 2.05) is 36.9 Å². The van der Waals surface area contributed by atoms with E-state index in [0.717, 1.165) is 52.4 Å². The fourth-order valence-electron chi connectivity index (χ4n) is 6.64. The van der Waals surface area contributed by atoms with Crippen molar-refractivity contribution in [2.45, 2.75) is 45.2 Å². The smallest absolute Gasteiger partial charge is 0.319 e. The highest BCUT2D eigenvalue weighted by atomic mass is 19.1. The maximum Gasteiger partial charge on any atom is 0.319 e. The number of aromatic hydroxyl groups is 1. The first kappa shape index (κ1) is 30.2. The molecule has 0 unspecified atom stereocenters. The van der Waals surface area contributed by atoms with Gasteiger partial charge in [-0.2, -0.15) is 15.2 Å². The van der Waals surface area contributed by atoms with Gasteiger partial charge in [-0.05, 0) is 79.9 Å². The number of nitriles is 1. The summed E-state index contributed by atoms with van der Waals surface area (Å²) < 4.78 is 20.1. The highest BCUT2D eigenvalue weighted by Gasteiger charge is 2.34. The predicted octanol–water partition coefficient (Wildman–Crippen LogP) is 5.05. The number of likely N-dealkylation sites (N-methyl/N-ethyl adjacent to an activating group) is 1. The number of carbonyl (C=O) groups is 1. The third-order valence-corrected chi connectivity index (χ3v) is 9.07. The zero-order chi connectivity index (χ0) is 31.8. The molecule has 2 aromatic carbocycles. The summed E-state index contributed by atoms with van der Waals surface area (Å²) in [4.78, 5) is 32.7. The van der Waals surface area contributed by atoms with E-state index >= 15 is 0 Å². The number of phenolic OH excluding ortho intramolecular Hbond substituents is 1. The maximum atomic E-state index is 13.8. The molecule has 10 nitrogen and oxygen atoms in total. The van der Waals surface area contributed by atoms with Crippen LogP contribution in [0.2, 0.25) is 0 Å². The average molecular weight is 610 g/mol. The molecule has 0 aliphatic carbocycles. The van der Waals surface area contributed by atoms with Gasteiger partial charge in [-0.25, -0.2) is 4.39 Å². The summed E-state index contributed by atoms with van der Waals surface area (Å²) in [6.07, 6.45) is 3.93. The minimum absolute atomic E-state index is 0.0242. The van der Waals surface area contributed by atoms with E-state index in [1.165, 1.54) is 4.90 Å². The van der Waals surface area contributed by atoms with Gasteiger partial charge in [-0.1, -0.05) is 24.8 Å². The number of piperazine rings is 1. The number of ether oxygens (including phenoxy) is 1. The molecule has 0 bridgehead atoms. The largest absolute Gasteiger partial charge is 0.508 e. The molecule has 45 heavy (non-hydrogen) atoms. The number of phenols is 1. The molecule has 6 rings (SSSR count). The third kappa shape index (κ3) is 5.73. The number of fused-ring (bicyclic) bond motifs is 2. The van der Waals surface area contributed by atoms with Gasteiger partial charge in [0.25, 0.3) is 5.91 Å². The molecule has 2 saturated heterocycles. The standard InChI is InChI=1S/C34H36FN7O3/c1-20-7-5-8-23-15-26(43)16-27(29(20)23)28-17-37-31-30(21(28)2)38-34(45-19-25-9-6-12-40(25)4)39-32(31)41-13-14-42(33(44)22(3)35)24(18-41)10-11-36/h5,7-8,15-17,24-25,43H,3,6,9-10,12-14,18-19H2,1-2,4H3/t24-,25-/m0/s1. The maximum absolute atomic E-state index is 13.8. The number of aromatic nitrogens is 3. The molecule has 232 valence electrons. The Morgan fingerprint density at radius 1 is 1.16 bits per heavy atom. The van der Waals surface area contributed by atoms with Gasteiger partial charge < -0.3 is 24.5 Å². The summed E-state index contributed by atoms with van der Waals surface area (Å²) in [6.45, 7) is 9.41. The predicted molar refractivity (Wildman–Crippen MR) is 171 cm³/mol. The van der Waals surface area contributed by atoms with Gasteiger partial charge in [0.05, 0.1) is 18.5 Å². The Morgan fingerprint density at radius 2 is 1.98 bits per heavy atom. The first-order chi connectivity index (χ1) is 21.7. The van der Waals surface area contributed by atoms with Gasteiger partial charge in [-0.15, -0.1) is 0 Å². The van der Waals surface area contributed by atoms with Gasteiger partial charge in [0.1, 0.15) is 23.4 Å². The third-order valence-electron chi connectivity index (χ3n) is 9.07. The summed E-state index contributed by atoms with van der Waals surface area (Å²) >= 11 is 0. The van der Waals surface area contributed by atoms with Crippen LogP contribution in [0.15, 0.2) is 48.9 Å². The number of halogens is 1. The van der Waals surface area contributed by atoms with Crippen LogP contribution in [-0.2, 0) is 4.79 Å². The second-order valence-electron chi connectivity index (χ2n) is 11.9. The number of carbonyl (C=O) groups excluding carboxylic acids is 1. The molecule has 1 amide bonds. The first-order valence-corrected chi connectivity index (χ1v) is 15.2. The molecule has 0 saturated carbocycles. The van der Waals surface area contributed by atoms with Crippen LogP contribution >= 0.6 is 0 Å². The average Bonchev–Trinajstić information content (AvgIpc) is 3.43. The summed E-state index contributed by atoms with van der Waals surface area (Å²) in [5, 5.41) is 22.1. The van der Waals surface area contributed by atoms with E-state index < -0.39 is 17.8 Å². The van der Waals surface area contributed by atoms with Gasteiger partial charge in [-0.3, -0.25) is 9.78 Å². The Morgan fingerprint density at radius 3 is 2.71 bits per heavy atom. The summed E-state index contributed by atoms with van der Waals surface area (Å²) in [6, 6.07) is 11.5. The molecule has 4 heterocycles. The van der Waals surface area contributed by atoms with Crippen molar-refractivity contribution < 1.29 is 19.0 Å². The van der Waals surface area contributed by atoms with Crippen molar-refractivity contribution in [2.75, 3.05) is 44.7 Å². The van der Waals surface area contributed by atoms with E-state index in [9.17, 15) is 19.6 Å². The van der Waals surface area contributed by atoms with Crippen molar-refractivity contribution in [2.24, 2.45) is 0 Å². The number of aryl methyl sites for hydroxylation is 2. The molecule has 2 aliphatic heterocycles. The Balaban J connectivity index is 1.47. The van der Waals surface area contributed by atoms with Crippen molar-refractivity contribution in [3.63, 3.8) is 0 Å². The monoisotopic (exact) mass is 609 g/mol. The molecular weight excluding hydrogens is 573 g/mol. The fraction of sp³-hybridized carbons (Fsp3) is 0.382. The molecule has 2 aromatic heterocycles. The quantitative estimate of drug-likeness (QED) is 0.287. The SMILES string of the molecule is C=C(F)C(=O)N1CCN(c2nc(OC[C@@H]3CCCN3C)nc3c(C)c(-c4cc(O)cc5cccc(C)c45)cnc23)C[C@@H]1CC#N. The van der Waals surface area contributed by atoms with Crippen molar-refractivity contribution in [1.82, 2.24) is 24.8 Å². The molecule has 0 radical (unpaired) electrons. The van der Waals surface area contributed by atoms with Crippen molar-refractivity contribution >= 4 is 33.5 Å². The Hall–Kier alpha value is -4.82. The van der Waals surface area contributed by atoms with Crippen LogP contribution in [0.5, 0.6) is 11.8 Å². The molecule has 1 N–H and O–H groups in total. The minimum atomic E-state index is -1.05. The van der Waals surface area contributed by atoms with Crippen LogP contribution in [0, 0.1) is 25.2 Å². The van der Waals surface area contributed by atoms with E-state index in [1.54, 1.807) is 18.3 Å². The second-order valence-corrected chi connectivity index (χ2v) is 11.9. The molecule has 2 fully saturated rings. The lowest BCUT2D eigenvalue weighted by Crippen LogP contribution is -2.55. The van der Waals surface area contributed by atoms with Crippen LogP contribution in [0.3, 0.4) is 0 Å². The van der Waals surface area contributed by atoms with Crippen LogP contribution in [-0.4, -0.2) is 87.7 Å². The number of hydrogen-bond acceptors (Lipinski definition) is 9. The lowest BCUT2D eigenvalue weighted by Gasteiger charge is -2.41. The highest BCUT2D eigenvalue weighted by molar-refractivity contribution is 6.03. The number of rotatable bonds is 7. The molecule has 2 aliphatic rings. The number of nitrogens with zero attached hydrogens (tertiary/aromatic N) is 7. The number of hydrogen-bond donors (Lipinski definition) is 1. The van der Waals surface area contributed by atoms with Crippen molar-refractivity contribution in [3.8, 4) is 29.0 Å². The number of anilines is 1. The van der Waals surface area contributed by atoms with E-state index in [4.69, 9.17) is 19.7 Å². The number of benzene rings is 2. The number of amides is 1. The summed E-state index contributed by atoms with van der Waals surface area (Å²) in [5.74, 6) is -1.18. The zero-order valence-electron chi connectivity index (χ0n) is 25.8. The van der Waals surface area contributed by atoms with Crippen molar-refractivity contribution in [3.05, 3.63) is 60.1 Å². The molecular formula is C34H36FN7O3. The van der Waals surface area contributed by atoms with Crippen LogP contribution < -0.4 is 9.64 Å². The topological polar surface area (TPSA) is 119 Å². The van der Waals surface area contributed by atoms with Gasteiger partial charge in [0, 0.05) is 37.4 Å². The molecule has 2 atom stereocenters. The van der Waals surface area contributed by atoms with Crippen LogP contribution in [0.1, 0.15) is 30.4 Å². The normalized spacial score (nSPS) is 18.8. The molecule has 11 heteroatoms. The Kier molecular flexibility index (Phi) is 8.25. The molecule has 0 spiro atoms. The number of pyridine rings is 1. The number of likely N-dealkylation sites (tertiary alicyclic amines) is 1. The lowest BCUT2D eigenvalue weighted by atomic mass is 9.93. The summed E-state index contributed by atoms with van der Waals surface area (Å²) in [7, 11) is 2.08. The van der Waals surface area contributed by atoms with E-state index in [-0.39, 0.29) is 37.3 Å². The van der Waals surface area contributed by atoms with Crippen LogP contribution in [0.25, 0.3) is 32.9 Å². The summed E-state index contributed by atoms with van der Waals surface area (Å²) in [5.41, 5.74) is 4.73. The lowest BCUT2D eigenvalue weighted by molar-refractivity contribution is -0.131. The van der Waals surface area contributed by atoms with E-state index in [0.29, 0.717) is 30.0 Å². The Labute approximate surface area is 261 Å². The first-order valence-electron chi connectivity index (χ1n) is 15.2. The van der Waals surface area contributed by atoms with Gasteiger partial charge in [0.15, 0.2) is 11.6 Å². The van der Waals surface area contributed by atoms with E-state index in [2.05, 4.69) is 24.6 Å². The second kappa shape index (κ2) is 12.3. The Bertz CT molecular complexity index is 1860.